The monoisotopic (exact) mass is 330 g/mol. The third-order valence-electron chi connectivity index (χ3n) is 3.11. The number of aliphatic imine (C=N–C) groups is 1. The van der Waals surface area contributed by atoms with Crippen LogP contribution < -0.4 is 11.5 Å². The molecular weight excluding hydrogens is 308 g/mol. The normalized spacial score (nSPS) is 12.2. The van der Waals surface area contributed by atoms with Crippen LogP contribution in [0, 0.1) is 5.41 Å². The highest BCUT2D eigenvalue weighted by Gasteiger charge is 2.13. The molecule has 0 aliphatic carbocycles. The van der Waals surface area contributed by atoms with Gasteiger partial charge in [0, 0.05) is 17.2 Å². The Morgan fingerprint density at radius 1 is 1.42 bits per heavy atom. The number of benzene rings is 1. The van der Waals surface area contributed by atoms with Crippen LogP contribution in [-0.4, -0.2) is 36.2 Å². The van der Waals surface area contributed by atoms with Gasteiger partial charge in [-0.25, -0.2) is 4.79 Å². The molecule has 0 aliphatic rings. The summed E-state index contributed by atoms with van der Waals surface area (Å²) in [5.41, 5.74) is 11.5. The zero-order valence-electron chi connectivity index (χ0n) is 13.3. The minimum absolute atomic E-state index is 0.449. The molecule has 1 atom stereocenters. The summed E-state index contributed by atoms with van der Waals surface area (Å²) < 4.78 is 5.41. The molecule has 0 spiro atoms. The third-order valence-corrected chi connectivity index (χ3v) is 3.11. The van der Waals surface area contributed by atoms with Crippen molar-refractivity contribution in [1.29, 1.82) is 5.41 Å². The lowest BCUT2D eigenvalue weighted by molar-refractivity contribution is -0.138. The molecule has 128 valence electrons. The first-order valence-corrected chi connectivity index (χ1v) is 7.43. The van der Waals surface area contributed by atoms with Gasteiger partial charge in [-0.05, 0) is 37.6 Å². The van der Waals surface area contributed by atoms with Crippen molar-refractivity contribution in [2.45, 2.75) is 18.9 Å². The van der Waals surface area contributed by atoms with E-state index in [1.54, 1.807) is 12.3 Å². The number of carbonyl (C=O) groups is 1. The van der Waals surface area contributed by atoms with Gasteiger partial charge in [0.2, 0.25) is 0 Å². The van der Waals surface area contributed by atoms with Gasteiger partial charge in [-0.15, -0.1) is 0 Å². The lowest BCUT2D eigenvalue weighted by Gasteiger charge is -2.04. The maximum absolute atomic E-state index is 11.0. The molecule has 0 aliphatic heterocycles. The number of nitrogens with one attached hydrogen (secondary N) is 1. The number of fused-ring (bicyclic) bond motifs is 1. The Hall–Kier alpha value is -2.93. The van der Waals surface area contributed by atoms with Gasteiger partial charge in [-0.1, -0.05) is 18.2 Å². The van der Waals surface area contributed by atoms with Crippen LogP contribution in [0.3, 0.4) is 0 Å². The highest BCUT2D eigenvalue weighted by Crippen LogP contribution is 2.21. The highest BCUT2D eigenvalue weighted by molar-refractivity contribution is 5.90. The summed E-state index contributed by atoms with van der Waals surface area (Å²) in [7, 11) is 0. The molecule has 0 fully saturated rings. The van der Waals surface area contributed by atoms with E-state index in [4.69, 9.17) is 20.7 Å². The van der Waals surface area contributed by atoms with Crippen molar-refractivity contribution in [2.75, 3.05) is 6.54 Å². The van der Waals surface area contributed by atoms with Gasteiger partial charge < -0.3 is 21.0 Å². The molecule has 7 nitrogen and oxygen atoms in total. The van der Waals surface area contributed by atoms with E-state index < -0.39 is 12.0 Å². The largest absolute Gasteiger partial charge is 0.480 e. The molecular formula is C17H22N4O3. The number of hydrogen-bond acceptors (Lipinski definition) is 5. The topological polar surface area (TPSA) is 139 Å². The maximum Gasteiger partial charge on any atom is 0.328 e. The van der Waals surface area contributed by atoms with Gasteiger partial charge in [-0.3, -0.25) is 10.4 Å². The molecule has 0 bridgehead atoms. The lowest BCUT2D eigenvalue weighted by atomic mass is 10.1. The van der Waals surface area contributed by atoms with E-state index >= 15 is 0 Å². The Balaban J connectivity index is 0.000000891. The fourth-order valence-corrected chi connectivity index (χ4v) is 2.00. The molecule has 1 heterocycles. The van der Waals surface area contributed by atoms with Crippen LogP contribution >= 0.6 is 0 Å². The van der Waals surface area contributed by atoms with Crippen molar-refractivity contribution in [2.24, 2.45) is 16.5 Å². The number of nitrogens with zero attached hydrogens (tertiary/aromatic N) is 1. The number of carboxylic acids is 1. The number of para-hydroxylation sites is 1. The molecule has 0 radical (unpaired) electrons. The average molecular weight is 330 g/mol. The standard InChI is InChI=1S/C16H18N2O3.CH4N2/c17-9-3-7-14(16(19)20)18-10-4-5-12-11-21-15-8-2-1-6-13(12)15;2-1-3/h1-2,4-6,8,10-11,14H,3,7,9,17H2,(H,19,20);1H,(H3,2,3)/b5-4+,18-10?;. The van der Waals surface area contributed by atoms with Crippen LogP contribution in [0.25, 0.3) is 17.0 Å². The molecule has 2 aromatic rings. The van der Waals surface area contributed by atoms with Crippen molar-refractivity contribution in [1.82, 2.24) is 0 Å². The molecule has 24 heavy (non-hydrogen) atoms. The molecule has 0 saturated heterocycles. The minimum Gasteiger partial charge on any atom is -0.480 e. The van der Waals surface area contributed by atoms with E-state index in [2.05, 4.69) is 10.7 Å². The van der Waals surface area contributed by atoms with Crippen LogP contribution in [0.15, 0.2) is 46.0 Å². The molecule has 1 aromatic heterocycles. The molecule has 0 saturated carbocycles. The van der Waals surface area contributed by atoms with Gasteiger partial charge in [0.25, 0.3) is 0 Å². The molecule has 1 aromatic carbocycles. The fraction of sp³-hybridized carbons (Fsp3) is 0.235. The van der Waals surface area contributed by atoms with E-state index in [-0.39, 0.29) is 0 Å². The predicted octanol–water partition coefficient (Wildman–Crippen LogP) is 2.26. The van der Waals surface area contributed by atoms with Crippen molar-refractivity contribution >= 4 is 35.6 Å². The highest BCUT2D eigenvalue weighted by atomic mass is 16.4. The second-order valence-corrected chi connectivity index (χ2v) is 4.80. The van der Waals surface area contributed by atoms with Crippen molar-refractivity contribution < 1.29 is 14.3 Å². The number of aliphatic carboxylic acids is 1. The summed E-state index contributed by atoms with van der Waals surface area (Å²) >= 11 is 0. The second kappa shape index (κ2) is 10.7. The first-order valence-electron chi connectivity index (χ1n) is 7.43. The number of nitrogens with two attached hydrogens (primary N) is 2. The first kappa shape index (κ1) is 19.1. The fourth-order valence-electron chi connectivity index (χ4n) is 2.00. The zero-order valence-corrected chi connectivity index (χ0v) is 13.3. The Kier molecular flexibility index (Phi) is 8.55. The quantitative estimate of drug-likeness (QED) is 0.455. The maximum atomic E-state index is 11.0. The average Bonchev–Trinajstić information content (AvgIpc) is 2.98. The van der Waals surface area contributed by atoms with Crippen molar-refractivity contribution in [3.63, 3.8) is 0 Å². The Morgan fingerprint density at radius 2 is 2.12 bits per heavy atom. The van der Waals surface area contributed by atoms with Crippen LogP contribution in [0.4, 0.5) is 0 Å². The lowest BCUT2D eigenvalue weighted by Crippen LogP contribution is -2.19. The van der Waals surface area contributed by atoms with Crippen LogP contribution in [0.2, 0.25) is 0 Å². The summed E-state index contributed by atoms with van der Waals surface area (Å²) in [6.07, 6.45) is 8.58. The number of allylic oxidation sites excluding steroid dienone is 1. The number of hydrogen-bond donors (Lipinski definition) is 4. The predicted molar refractivity (Wildman–Crippen MR) is 96.4 cm³/mol. The van der Waals surface area contributed by atoms with Gasteiger partial charge in [-0.2, -0.15) is 0 Å². The molecule has 2 rings (SSSR count). The molecule has 1 unspecified atom stereocenters. The van der Waals surface area contributed by atoms with Crippen molar-refractivity contribution in [3.8, 4) is 0 Å². The van der Waals surface area contributed by atoms with Crippen LogP contribution in [0.5, 0.6) is 0 Å². The van der Waals surface area contributed by atoms with Crippen molar-refractivity contribution in [3.05, 3.63) is 42.2 Å². The van der Waals surface area contributed by atoms with E-state index in [1.165, 1.54) is 6.21 Å². The van der Waals surface area contributed by atoms with E-state index in [0.717, 1.165) is 22.9 Å². The Morgan fingerprint density at radius 3 is 2.79 bits per heavy atom. The molecule has 7 heteroatoms. The zero-order chi connectivity index (χ0) is 17.8. The second-order valence-electron chi connectivity index (χ2n) is 4.80. The third kappa shape index (κ3) is 6.05. The van der Waals surface area contributed by atoms with E-state index in [9.17, 15) is 4.79 Å². The smallest absolute Gasteiger partial charge is 0.328 e. The number of furan rings is 1. The summed E-state index contributed by atoms with van der Waals surface area (Å²) in [6.45, 7) is 0.468. The number of rotatable bonds is 7. The molecule has 0 amide bonds. The first-order chi connectivity index (χ1) is 11.6. The van der Waals surface area contributed by atoms with Crippen LogP contribution in [0.1, 0.15) is 18.4 Å². The Bertz CT molecular complexity index is 707. The van der Waals surface area contributed by atoms with Crippen LogP contribution in [-0.2, 0) is 4.79 Å². The van der Waals surface area contributed by atoms with Gasteiger partial charge in [0.1, 0.15) is 11.6 Å². The summed E-state index contributed by atoms with van der Waals surface area (Å²) in [6, 6.07) is 6.98. The summed E-state index contributed by atoms with van der Waals surface area (Å²) in [5.74, 6) is -0.929. The minimum atomic E-state index is -0.929. The van der Waals surface area contributed by atoms with Gasteiger partial charge in [0.15, 0.2) is 0 Å². The molecule has 6 N–H and O–H groups in total. The number of carboxylic acid groups (broad SMARTS) is 1. The van der Waals surface area contributed by atoms with E-state index in [1.807, 2.05) is 30.3 Å². The SMILES string of the molecule is N=CN.NCCCC(N=C/C=C/c1coc2ccccc12)C(=O)O. The summed E-state index contributed by atoms with van der Waals surface area (Å²) in [4.78, 5) is 15.1. The van der Waals surface area contributed by atoms with E-state index in [0.29, 0.717) is 19.4 Å². The van der Waals surface area contributed by atoms with Gasteiger partial charge in [0.05, 0.1) is 12.6 Å². The Labute approximate surface area is 140 Å². The van der Waals surface area contributed by atoms with Gasteiger partial charge >= 0.3 is 5.97 Å². The summed E-state index contributed by atoms with van der Waals surface area (Å²) in [5, 5.41) is 15.9.